The smallest absolute Gasteiger partial charge is 0.151 e. The molecule has 0 spiro atoms. The van der Waals surface area contributed by atoms with E-state index < -0.39 is 0 Å². The quantitative estimate of drug-likeness (QED) is 0.868. The lowest BCUT2D eigenvalue weighted by atomic mass is 9.87. The van der Waals surface area contributed by atoms with Crippen molar-refractivity contribution in [3.63, 3.8) is 0 Å². The van der Waals surface area contributed by atoms with E-state index in [-0.39, 0.29) is 0 Å². The Hall–Kier alpha value is -0.870. The monoisotopic (exact) mass is 277 g/mol. The maximum Gasteiger partial charge on any atom is 0.151 e. The van der Waals surface area contributed by atoms with Gasteiger partial charge in [0.25, 0.3) is 0 Å². The van der Waals surface area contributed by atoms with E-state index in [0.717, 1.165) is 36.5 Å². The lowest BCUT2D eigenvalue weighted by Crippen LogP contribution is -2.34. The molecule has 20 heavy (non-hydrogen) atoms. The molecule has 0 bridgehead atoms. The van der Waals surface area contributed by atoms with Crippen LogP contribution in [0.25, 0.3) is 0 Å². The van der Waals surface area contributed by atoms with Gasteiger partial charge in [-0.1, -0.05) is 12.1 Å². The van der Waals surface area contributed by atoms with Crippen LogP contribution in [0.5, 0.6) is 0 Å². The normalized spacial score (nSPS) is 27.1. The molecule has 2 aliphatic rings. The predicted octanol–water partition coefficient (Wildman–Crippen LogP) is 2.94. The lowest BCUT2D eigenvalue weighted by molar-refractivity contribution is 0.150. The average molecular weight is 277 g/mol. The molecule has 0 atom stereocenters. The lowest BCUT2D eigenvalue weighted by Gasteiger charge is -2.32. The Bertz CT molecular complexity index is 419. The molecule has 0 saturated heterocycles. The molecule has 2 saturated carbocycles. The van der Waals surface area contributed by atoms with E-state index in [0.29, 0.717) is 6.04 Å². The van der Waals surface area contributed by atoms with E-state index in [9.17, 15) is 0 Å². The van der Waals surface area contributed by atoms with Crippen LogP contribution in [-0.4, -0.2) is 29.2 Å². The predicted molar refractivity (Wildman–Crippen MR) is 79.3 cm³/mol. The molecule has 0 aliphatic heterocycles. The Morgan fingerprint density at radius 1 is 1.25 bits per heavy atom. The van der Waals surface area contributed by atoms with Crippen LogP contribution in [-0.2, 0) is 13.1 Å². The van der Waals surface area contributed by atoms with Gasteiger partial charge in [-0.25, -0.2) is 0 Å². The maximum atomic E-state index is 5.47. The number of nitrogens with one attached hydrogen (secondary N) is 1. The second kappa shape index (κ2) is 6.27. The molecule has 0 unspecified atom stereocenters. The minimum absolute atomic E-state index is 0.712. The summed E-state index contributed by atoms with van der Waals surface area (Å²) in [5.74, 6) is 1.91. The summed E-state index contributed by atoms with van der Waals surface area (Å²) in [6.07, 6.45) is 7.99. The van der Waals surface area contributed by atoms with Crippen LogP contribution in [0.3, 0.4) is 0 Å². The highest BCUT2D eigenvalue weighted by Gasteiger charge is 2.23. The van der Waals surface area contributed by atoms with Crippen LogP contribution in [0.15, 0.2) is 10.6 Å². The van der Waals surface area contributed by atoms with Crippen molar-refractivity contribution >= 4 is 0 Å². The molecule has 0 radical (unpaired) electrons. The Balaban J connectivity index is 1.46. The summed E-state index contributed by atoms with van der Waals surface area (Å²) in [4.78, 5) is 2.44. The zero-order valence-corrected chi connectivity index (χ0v) is 12.8. The second-order valence-corrected chi connectivity index (χ2v) is 6.77. The third-order valence-electron chi connectivity index (χ3n) is 4.77. The van der Waals surface area contributed by atoms with Crippen LogP contribution in [0.4, 0.5) is 0 Å². The zero-order valence-electron chi connectivity index (χ0n) is 12.8. The molecule has 0 amide bonds. The van der Waals surface area contributed by atoms with Gasteiger partial charge in [0.05, 0.1) is 12.2 Å². The van der Waals surface area contributed by atoms with Crippen molar-refractivity contribution < 1.29 is 4.52 Å². The van der Waals surface area contributed by atoms with Gasteiger partial charge in [-0.3, -0.25) is 4.90 Å². The summed E-state index contributed by atoms with van der Waals surface area (Å²) in [6, 6.07) is 3.54. The van der Waals surface area contributed by atoms with E-state index in [4.69, 9.17) is 4.52 Å². The van der Waals surface area contributed by atoms with Crippen LogP contribution in [0, 0.1) is 5.92 Å². The maximum absolute atomic E-state index is 5.47. The molecule has 3 rings (SSSR count). The van der Waals surface area contributed by atoms with E-state index in [2.05, 4.69) is 35.4 Å². The molecule has 4 nitrogen and oxygen atoms in total. The molecule has 2 aliphatic carbocycles. The zero-order chi connectivity index (χ0) is 13.9. The number of nitrogens with zero attached hydrogens (tertiary/aromatic N) is 2. The summed E-state index contributed by atoms with van der Waals surface area (Å²) < 4.78 is 5.47. The first-order valence-corrected chi connectivity index (χ1v) is 8.09. The van der Waals surface area contributed by atoms with Crippen LogP contribution < -0.4 is 5.32 Å². The van der Waals surface area contributed by atoms with Gasteiger partial charge in [0, 0.05) is 24.7 Å². The molecule has 4 heteroatoms. The highest BCUT2D eigenvalue weighted by molar-refractivity contribution is 5.06. The molecular weight excluding hydrogens is 250 g/mol. The van der Waals surface area contributed by atoms with Crippen molar-refractivity contribution in [2.45, 2.75) is 70.6 Å². The van der Waals surface area contributed by atoms with Gasteiger partial charge in [-0.05, 0) is 51.5 Å². The van der Waals surface area contributed by atoms with Crippen molar-refractivity contribution in [1.29, 1.82) is 0 Å². The second-order valence-electron chi connectivity index (χ2n) is 6.77. The van der Waals surface area contributed by atoms with Gasteiger partial charge in [-0.2, -0.15) is 0 Å². The fourth-order valence-electron chi connectivity index (χ4n) is 3.11. The molecule has 1 N–H and O–H groups in total. The van der Waals surface area contributed by atoms with Crippen molar-refractivity contribution in [3.05, 3.63) is 17.5 Å². The topological polar surface area (TPSA) is 41.3 Å². The van der Waals surface area contributed by atoms with Gasteiger partial charge in [0.15, 0.2) is 5.76 Å². The van der Waals surface area contributed by atoms with E-state index in [1.54, 1.807) is 0 Å². The van der Waals surface area contributed by atoms with Crippen molar-refractivity contribution in [2.75, 3.05) is 7.05 Å². The summed E-state index contributed by atoms with van der Waals surface area (Å²) in [6.45, 7) is 4.10. The van der Waals surface area contributed by atoms with Crippen molar-refractivity contribution in [1.82, 2.24) is 15.4 Å². The first kappa shape index (κ1) is 14.1. The number of aromatic nitrogens is 1. The van der Waals surface area contributed by atoms with Gasteiger partial charge in [-0.15, -0.1) is 0 Å². The first-order chi connectivity index (χ1) is 9.70. The highest BCUT2D eigenvalue weighted by Crippen LogP contribution is 2.27. The summed E-state index contributed by atoms with van der Waals surface area (Å²) >= 11 is 0. The number of hydrogen-bond acceptors (Lipinski definition) is 4. The van der Waals surface area contributed by atoms with E-state index in [1.807, 2.05) is 0 Å². The number of hydrogen-bond donors (Lipinski definition) is 1. The van der Waals surface area contributed by atoms with E-state index >= 15 is 0 Å². The minimum atomic E-state index is 0.712. The Morgan fingerprint density at radius 3 is 2.70 bits per heavy atom. The van der Waals surface area contributed by atoms with Crippen LogP contribution in [0.2, 0.25) is 0 Å². The molecule has 1 heterocycles. The standard InChI is InChI=1S/C16H27N3O/c1-12-3-7-15(8-4-12)19(2)11-16-9-14(18-20-16)10-17-13-5-6-13/h9,12-13,15,17H,3-8,10-11H2,1-2H3. The molecule has 2 fully saturated rings. The highest BCUT2D eigenvalue weighted by atomic mass is 16.5. The summed E-state index contributed by atoms with van der Waals surface area (Å²) in [7, 11) is 2.21. The summed E-state index contributed by atoms with van der Waals surface area (Å²) in [5.41, 5.74) is 1.04. The third kappa shape index (κ3) is 3.83. The van der Waals surface area contributed by atoms with Gasteiger partial charge >= 0.3 is 0 Å². The Labute approximate surface area is 121 Å². The average Bonchev–Trinajstić information content (AvgIpc) is 3.17. The van der Waals surface area contributed by atoms with Gasteiger partial charge in [0.1, 0.15) is 0 Å². The van der Waals surface area contributed by atoms with Crippen LogP contribution in [0.1, 0.15) is 56.9 Å². The molecular formula is C16H27N3O. The fourth-order valence-corrected chi connectivity index (χ4v) is 3.11. The molecule has 1 aromatic heterocycles. The Kier molecular flexibility index (Phi) is 4.41. The third-order valence-corrected chi connectivity index (χ3v) is 4.77. The molecule has 1 aromatic rings. The van der Waals surface area contributed by atoms with Crippen molar-refractivity contribution in [3.8, 4) is 0 Å². The van der Waals surface area contributed by atoms with Crippen LogP contribution >= 0.6 is 0 Å². The largest absolute Gasteiger partial charge is 0.360 e. The fraction of sp³-hybridized carbons (Fsp3) is 0.812. The first-order valence-electron chi connectivity index (χ1n) is 8.09. The molecule has 112 valence electrons. The minimum Gasteiger partial charge on any atom is -0.360 e. The Morgan fingerprint density at radius 2 is 2.00 bits per heavy atom. The number of rotatable bonds is 6. The SMILES string of the molecule is CC1CCC(N(C)Cc2cc(CNC3CC3)no2)CC1. The van der Waals surface area contributed by atoms with Gasteiger partial charge < -0.3 is 9.84 Å². The summed E-state index contributed by atoms with van der Waals surface area (Å²) in [5, 5.41) is 7.63. The van der Waals surface area contributed by atoms with Gasteiger partial charge in [0.2, 0.25) is 0 Å². The van der Waals surface area contributed by atoms with E-state index in [1.165, 1.54) is 38.5 Å². The van der Waals surface area contributed by atoms with Crippen molar-refractivity contribution in [2.24, 2.45) is 5.92 Å². The molecule has 0 aromatic carbocycles.